The van der Waals surface area contributed by atoms with Gasteiger partial charge in [0.15, 0.2) is 0 Å². The standard InChI is InChI=1S/2C17H12N.2ClH.Zr/c2*1-2-6-13-10-15(9-12(13)5-1)17-11-14-7-3-4-8-16(14)18-17;;;/h2*1-11,18H;2*1H;/q;;;;+2/p-2. The van der Waals surface area contributed by atoms with E-state index in [9.17, 15) is 0 Å². The van der Waals surface area contributed by atoms with Gasteiger partial charge in [-0.25, -0.2) is 0 Å². The van der Waals surface area contributed by atoms with Crippen LogP contribution in [0.4, 0.5) is 0 Å². The van der Waals surface area contributed by atoms with Crippen LogP contribution >= 0.6 is 0 Å². The van der Waals surface area contributed by atoms with Crippen molar-refractivity contribution in [3.63, 3.8) is 0 Å². The first-order chi connectivity index (χ1) is 18.3. The second-order valence-electron chi connectivity index (χ2n) is 10.0. The largest absolute Gasteiger partial charge is 1.00 e. The van der Waals surface area contributed by atoms with Crippen molar-refractivity contribution in [2.75, 3.05) is 0 Å². The Bertz CT molecular complexity index is 1690. The van der Waals surface area contributed by atoms with Crippen LogP contribution in [0.3, 0.4) is 0 Å². The van der Waals surface area contributed by atoms with Gasteiger partial charge in [0.2, 0.25) is 0 Å². The molecule has 0 saturated carbocycles. The van der Waals surface area contributed by atoms with Gasteiger partial charge >= 0.3 is 228 Å². The van der Waals surface area contributed by atoms with Crippen molar-refractivity contribution in [3.8, 4) is 0 Å². The third-order valence-electron chi connectivity index (χ3n) is 7.87. The molecule has 2 heterocycles. The molecule has 2 atom stereocenters. The monoisotopic (exact) mass is 620 g/mol. The van der Waals surface area contributed by atoms with E-state index in [2.05, 4.69) is 131 Å². The fraction of sp³-hybridized carbons (Fsp3) is 0.0588. The maximum absolute atomic E-state index is 3.75. The maximum atomic E-state index is 3.75. The van der Waals surface area contributed by atoms with Crippen LogP contribution < -0.4 is 24.8 Å². The number of hydrogen-bond acceptors (Lipinski definition) is 0. The molecule has 2 aliphatic rings. The van der Waals surface area contributed by atoms with E-state index in [1.54, 1.807) is 0 Å². The summed E-state index contributed by atoms with van der Waals surface area (Å²) in [5, 5.41) is 2.56. The minimum Gasteiger partial charge on any atom is -1.00 e. The minimum atomic E-state index is -1.07. The zero-order valence-electron chi connectivity index (χ0n) is 21.0. The predicted molar refractivity (Wildman–Crippen MR) is 151 cm³/mol. The molecule has 0 spiro atoms. The smallest absolute Gasteiger partial charge is 1.00 e. The van der Waals surface area contributed by atoms with Gasteiger partial charge in [0.1, 0.15) is 0 Å². The summed E-state index contributed by atoms with van der Waals surface area (Å²) in [5.74, 6) is 0. The summed E-state index contributed by atoms with van der Waals surface area (Å²) >= 11 is -1.07. The van der Waals surface area contributed by atoms with Crippen LogP contribution in [0.5, 0.6) is 0 Å². The summed E-state index contributed by atoms with van der Waals surface area (Å²) in [6.45, 7) is 0. The molecule has 2 nitrogen and oxygen atoms in total. The molecule has 188 valence electrons. The van der Waals surface area contributed by atoms with E-state index in [1.807, 2.05) is 0 Å². The van der Waals surface area contributed by atoms with Crippen LogP contribution in [0.1, 0.15) is 40.9 Å². The van der Waals surface area contributed by atoms with Gasteiger partial charge in [-0.05, 0) is 0 Å². The number of fused-ring (bicyclic) bond motifs is 4. The second-order valence-corrected chi connectivity index (χ2v) is 13.7. The van der Waals surface area contributed by atoms with E-state index in [0.29, 0.717) is 7.25 Å². The summed E-state index contributed by atoms with van der Waals surface area (Å²) in [5.41, 5.74) is 13.7. The van der Waals surface area contributed by atoms with Gasteiger partial charge in [0.05, 0.1) is 0 Å². The molecule has 0 fully saturated rings. The predicted octanol–water partition coefficient (Wildman–Crippen LogP) is 2.63. The SMILES string of the molecule is C1=C(c2cc3ccccc3[nH]2)[CH]([Zr+2][CH]2C(c3cc4ccccc4[nH]3)=Cc3ccccc32)c2ccccc21.[Cl-].[Cl-]. The Kier molecular flexibility index (Phi) is 7.02. The molecule has 4 aromatic carbocycles. The van der Waals surface area contributed by atoms with Gasteiger partial charge in [0, 0.05) is 0 Å². The number of hydrogen-bond donors (Lipinski definition) is 2. The van der Waals surface area contributed by atoms with Crippen molar-refractivity contribution in [1.82, 2.24) is 9.97 Å². The molecule has 5 heteroatoms. The van der Waals surface area contributed by atoms with E-state index in [1.165, 1.54) is 66.6 Å². The van der Waals surface area contributed by atoms with E-state index in [-0.39, 0.29) is 24.8 Å². The number of aromatic amines is 2. The quantitative estimate of drug-likeness (QED) is 0.303. The Morgan fingerprint density at radius 2 is 0.897 bits per heavy atom. The Hall–Kier alpha value is -3.10. The number of benzene rings is 4. The first-order valence-corrected chi connectivity index (χ1v) is 15.7. The van der Waals surface area contributed by atoms with Crippen LogP contribution in [0.15, 0.2) is 109 Å². The molecule has 2 N–H and O–H groups in total. The fourth-order valence-electron chi connectivity index (χ4n) is 6.10. The van der Waals surface area contributed by atoms with Crippen molar-refractivity contribution < 1.29 is 48.0 Å². The number of allylic oxidation sites excluding steroid dienone is 2. The Morgan fingerprint density at radius 1 is 0.487 bits per heavy atom. The minimum absolute atomic E-state index is 0. The number of aromatic nitrogens is 2. The number of para-hydroxylation sites is 2. The topological polar surface area (TPSA) is 31.6 Å². The average Bonchev–Trinajstić information content (AvgIpc) is 3.71. The van der Waals surface area contributed by atoms with Gasteiger partial charge in [-0.15, -0.1) is 0 Å². The van der Waals surface area contributed by atoms with Crippen LogP contribution in [0, 0.1) is 0 Å². The van der Waals surface area contributed by atoms with Crippen molar-refractivity contribution in [1.29, 1.82) is 0 Å². The summed E-state index contributed by atoms with van der Waals surface area (Å²) in [7, 11) is 0. The molecule has 0 aliphatic heterocycles. The number of halogens is 2. The first-order valence-electron chi connectivity index (χ1n) is 12.9. The summed E-state index contributed by atoms with van der Waals surface area (Å²) in [6, 6.07) is 40.0. The third-order valence-corrected chi connectivity index (χ3v) is 12.6. The van der Waals surface area contributed by atoms with Gasteiger partial charge in [0.25, 0.3) is 0 Å². The van der Waals surface area contributed by atoms with E-state index in [4.69, 9.17) is 0 Å². The Morgan fingerprint density at radius 3 is 1.36 bits per heavy atom. The number of nitrogens with one attached hydrogen (secondary N) is 2. The number of H-pyrrole nitrogens is 2. The molecule has 6 aromatic rings. The van der Waals surface area contributed by atoms with Crippen LogP contribution in [-0.2, 0) is 23.2 Å². The normalized spacial score (nSPS) is 17.0. The van der Waals surface area contributed by atoms with Gasteiger partial charge in [-0.2, -0.15) is 0 Å². The van der Waals surface area contributed by atoms with E-state index in [0.717, 1.165) is 0 Å². The molecule has 2 unspecified atom stereocenters. The van der Waals surface area contributed by atoms with Gasteiger partial charge < -0.3 is 24.8 Å². The molecular weight excluding hydrogens is 599 g/mol. The first kappa shape index (κ1) is 26.1. The van der Waals surface area contributed by atoms with Crippen molar-refractivity contribution in [2.45, 2.75) is 7.25 Å². The summed E-state index contributed by atoms with van der Waals surface area (Å²) < 4.78 is 0.966. The third kappa shape index (κ3) is 4.38. The van der Waals surface area contributed by atoms with Crippen molar-refractivity contribution in [3.05, 3.63) is 143 Å². The van der Waals surface area contributed by atoms with E-state index >= 15 is 0 Å². The molecule has 0 saturated heterocycles. The molecule has 2 aliphatic carbocycles. The zero-order valence-corrected chi connectivity index (χ0v) is 24.9. The van der Waals surface area contributed by atoms with Crippen molar-refractivity contribution in [2.24, 2.45) is 0 Å². The van der Waals surface area contributed by atoms with E-state index < -0.39 is 23.2 Å². The summed E-state index contributed by atoms with van der Waals surface area (Å²) in [4.78, 5) is 7.49. The van der Waals surface area contributed by atoms with Gasteiger partial charge in [-0.1, -0.05) is 0 Å². The molecule has 39 heavy (non-hydrogen) atoms. The van der Waals surface area contributed by atoms with Crippen LogP contribution in [-0.4, -0.2) is 9.97 Å². The number of rotatable bonds is 4. The van der Waals surface area contributed by atoms with Gasteiger partial charge in [-0.3, -0.25) is 0 Å². The second kappa shape index (κ2) is 10.5. The zero-order chi connectivity index (χ0) is 24.3. The molecule has 0 radical (unpaired) electrons. The maximum Gasteiger partial charge on any atom is -1.00 e. The molecule has 2 aromatic heterocycles. The Labute approximate surface area is 251 Å². The summed E-state index contributed by atoms with van der Waals surface area (Å²) in [6.07, 6.45) is 4.89. The van der Waals surface area contributed by atoms with Crippen molar-refractivity contribution >= 4 is 45.1 Å². The Balaban J connectivity index is 0.00000138. The molecule has 0 amide bonds. The van der Waals surface area contributed by atoms with Crippen LogP contribution in [0.2, 0.25) is 0 Å². The average molecular weight is 623 g/mol. The molecule has 0 bridgehead atoms. The molecular formula is C34H24Cl2N2Zr. The fourth-order valence-corrected chi connectivity index (χ4v) is 11.1. The molecule has 8 rings (SSSR count). The van der Waals surface area contributed by atoms with Crippen LogP contribution in [0.25, 0.3) is 45.1 Å².